The van der Waals surface area contributed by atoms with E-state index < -0.39 is 5.97 Å². The zero-order valence-electron chi connectivity index (χ0n) is 15.8. The molecule has 0 bridgehead atoms. The van der Waals surface area contributed by atoms with Crippen LogP contribution in [0.5, 0.6) is 0 Å². The Balaban J connectivity index is 1.72. The van der Waals surface area contributed by atoms with Gasteiger partial charge in [-0.1, -0.05) is 25.0 Å². The van der Waals surface area contributed by atoms with Crippen LogP contribution in [-0.4, -0.2) is 76.0 Å². The van der Waals surface area contributed by atoms with Gasteiger partial charge in [0.1, 0.15) is 0 Å². The van der Waals surface area contributed by atoms with Gasteiger partial charge in [-0.25, -0.2) is 9.48 Å². The van der Waals surface area contributed by atoms with Crippen molar-refractivity contribution in [2.75, 3.05) is 33.3 Å². The second-order valence-corrected chi connectivity index (χ2v) is 7.22. The molecule has 0 aliphatic carbocycles. The second-order valence-electron chi connectivity index (χ2n) is 7.22. The molecule has 2 saturated heterocycles. The standard InChI is InChI=1S/C18H29N5O3/c1-3-8-22-12-14(23-13-15(19-20-23)18(25)26-2)11-16(22)17(24)21-9-6-4-5-7-10-21/h13-14,16H,3-12H2,1-2H3/t14-,16+/m1/s1. The Bertz CT molecular complexity index is 624. The summed E-state index contributed by atoms with van der Waals surface area (Å²) in [5.41, 5.74) is 0.205. The average molecular weight is 363 g/mol. The minimum atomic E-state index is -0.489. The molecule has 0 saturated carbocycles. The summed E-state index contributed by atoms with van der Waals surface area (Å²) in [5.74, 6) is -0.243. The molecule has 26 heavy (non-hydrogen) atoms. The molecule has 1 aromatic heterocycles. The van der Waals surface area contributed by atoms with Gasteiger partial charge in [0.2, 0.25) is 5.91 Å². The van der Waals surface area contributed by atoms with Crippen molar-refractivity contribution in [3.63, 3.8) is 0 Å². The zero-order chi connectivity index (χ0) is 18.5. The average Bonchev–Trinajstić information content (AvgIpc) is 3.21. The van der Waals surface area contributed by atoms with Crippen molar-refractivity contribution in [3.8, 4) is 0 Å². The second kappa shape index (κ2) is 8.62. The van der Waals surface area contributed by atoms with E-state index >= 15 is 0 Å². The number of likely N-dealkylation sites (tertiary alicyclic amines) is 2. The molecule has 3 rings (SSSR count). The largest absolute Gasteiger partial charge is 0.464 e. The Morgan fingerprint density at radius 3 is 2.62 bits per heavy atom. The maximum Gasteiger partial charge on any atom is 0.360 e. The highest BCUT2D eigenvalue weighted by molar-refractivity contribution is 5.86. The van der Waals surface area contributed by atoms with Crippen molar-refractivity contribution >= 4 is 11.9 Å². The number of amides is 1. The van der Waals surface area contributed by atoms with E-state index in [2.05, 4.69) is 22.1 Å². The van der Waals surface area contributed by atoms with Crippen LogP contribution in [0.25, 0.3) is 0 Å². The first-order valence-corrected chi connectivity index (χ1v) is 9.67. The van der Waals surface area contributed by atoms with Gasteiger partial charge >= 0.3 is 5.97 Å². The number of nitrogens with zero attached hydrogens (tertiary/aromatic N) is 5. The predicted octanol–water partition coefficient (Wildman–Crippen LogP) is 1.49. The third kappa shape index (κ3) is 4.06. The number of hydrogen-bond acceptors (Lipinski definition) is 6. The lowest BCUT2D eigenvalue weighted by Gasteiger charge is -2.29. The first kappa shape index (κ1) is 18.8. The molecule has 0 radical (unpaired) electrons. The lowest BCUT2D eigenvalue weighted by molar-refractivity contribution is -0.136. The van der Waals surface area contributed by atoms with Crippen LogP contribution in [0.1, 0.15) is 62.0 Å². The number of hydrogen-bond donors (Lipinski definition) is 0. The van der Waals surface area contributed by atoms with Crippen molar-refractivity contribution in [2.45, 2.75) is 57.5 Å². The SMILES string of the molecule is CCCN1C[C@H](n2cc(C(=O)OC)nn2)C[C@H]1C(=O)N1CCCCCC1. The molecule has 8 nitrogen and oxygen atoms in total. The first-order chi connectivity index (χ1) is 12.6. The van der Waals surface area contributed by atoms with E-state index in [4.69, 9.17) is 4.74 Å². The van der Waals surface area contributed by atoms with E-state index in [9.17, 15) is 9.59 Å². The van der Waals surface area contributed by atoms with E-state index in [0.29, 0.717) is 6.42 Å². The van der Waals surface area contributed by atoms with E-state index in [1.807, 2.05) is 4.90 Å². The lowest BCUT2D eigenvalue weighted by atomic mass is 10.1. The molecule has 1 amide bonds. The maximum absolute atomic E-state index is 13.1. The molecule has 2 atom stereocenters. The number of ether oxygens (including phenoxy) is 1. The summed E-state index contributed by atoms with van der Waals surface area (Å²) in [7, 11) is 1.33. The monoisotopic (exact) mass is 363 g/mol. The third-order valence-corrected chi connectivity index (χ3v) is 5.37. The molecular formula is C18H29N5O3. The fraction of sp³-hybridized carbons (Fsp3) is 0.778. The first-order valence-electron chi connectivity index (χ1n) is 9.67. The number of esters is 1. The minimum Gasteiger partial charge on any atom is -0.464 e. The van der Waals surface area contributed by atoms with Crippen molar-refractivity contribution in [1.29, 1.82) is 0 Å². The van der Waals surface area contributed by atoms with Crippen LogP contribution >= 0.6 is 0 Å². The van der Waals surface area contributed by atoms with Gasteiger partial charge in [-0.05, 0) is 32.2 Å². The van der Waals surface area contributed by atoms with Gasteiger partial charge in [0.25, 0.3) is 0 Å². The zero-order valence-corrected chi connectivity index (χ0v) is 15.8. The van der Waals surface area contributed by atoms with Gasteiger partial charge in [0.15, 0.2) is 5.69 Å². The fourth-order valence-corrected chi connectivity index (χ4v) is 4.02. The Morgan fingerprint density at radius 1 is 1.23 bits per heavy atom. The van der Waals surface area contributed by atoms with E-state index in [1.165, 1.54) is 20.0 Å². The normalized spacial score (nSPS) is 24.5. The number of carbonyl (C=O) groups excluding carboxylic acids is 2. The van der Waals surface area contributed by atoms with Crippen LogP contribution in [0.4, 0.5) is 0 Å². The summed E-state index contributed by atoms with van der Waals surface area (Å²) in [5, 5.41) is 8.00. The summed E-state index contributed by atoms with van der Waals surface area (Å²) in [6.45, 7) is 5.51. The molecule has 3 heterocycles. The van der Waals surface area contributed by atoms with Gasteiger partial charge in [0.05, 0.1) is 25.4 Å². The minimum absolute atomic E-state index is 0.0494. The highest BCUT2D eigenvalue weighted by Crippen LogP contribution is 2.29. The third-order valence-electron chi connectivity index (χ3n) is 5.37. The van der Waals surface area contributed by atoms with Crippen LogP contribution < -0.4 is 0 Å². The van der Waals surface area contributed by atoms with Crippen molar-refractivity contribution in [1.82, 2.24) is 24.8 Å². The van der Waals surface area contributed by atoms with Crippen LogP contribution in [0.2, 0.25) is 0 Å². The molecule has 144 valence electrons. The molecule has 0 aromatic carbocycles. The van der Waals surface area contributed by atoms with Crippen LogP contribution in [-0.2, 0) is 9.53 Å². The highest BCUT2D eigenvalue weighted by Gasteiger charge is 2.39. The fourth-order valence-electron chi connectivity index (χ4n) is 4.02. The molecule has 0 unspecified atom stereocenters. The number of carbonyl (C=O) groups is 2. The summed E-state index contributed by atoms with van der Waals surface area (Å²) in [4.78, 5) is 29.1. The molecule has 8 heteroatoms. The predicted molar refractivity (Wildman–Crippen MR) is 95.7 cm³/mol. The Kier molecular flexibility index (Phi) is 6.24. The smallest absolute Gasteiger partial charge is 0.360 e. The Labute approximate surface area is 154 Å². The topological polar surface area (TPSA) is 80.6 Å². The molecule has 0 N–H and O–H groups in total. The van der Waals surface area contributed by atoms with Gasteiger partial charge < -0.3 is 9.64 Å². The molecular weight excluding hydrogens is 334 g/mol. The van der Waals surface area contributed by atoms with Gasteiger partial charge in [-0.2, -0.15) is 0 Å². The van der Waals surface area contributed by atoms with E-state index in [-0.39, 0.29) is 23.7 Å². The molecule has 1 aromatic rings. The van der Waals surface area contributed by atoms with E-state index in [1.54, 1.807) is 10.9 Å². The maximum atomic E-state index is 13.1. The summed E-state index contributed by atoms with van der Waals surface area (Å²) in [6, 6.07) is -0.0581. The van der Waals surface area contributed by atoms with Crippen LogP contribution in [0.15, 0.2) is 6.20 Å². The van der Waals surface area contributed by atoms with Crippen molar-refractivity contribution in [3.05, 3.63) is 11.9 Å². The van der Waals surface area contributed by atoms with Crippen LogP contribution in [0, 0.1) is 0 Å². The number of rotatable bonds is 5. The van der Waals surface area contributed by atoms with Crippen molar-refractivity contribution in [2.24, 2.45) is 0 Å². The quantitative estimate of drug-likeness (QED) is 0.738. The van der Waals surface area contributed by atoms with Gasteiger partial charge in [-0.3, -0.25) is 9.69 Å². The van der Waals surface area contributed by atoms with Gasteiger partial charge in [0, 0.05) is 19.6 Å². The number of aromatic nitrogens is 3. The summed E-state index contributed by atoms with van der Waals surface area (Å²) < 4.78 is 6.41. The molecule has 2 fully saturated rings. The van der Waals surface area contributed by atoms with Gasteiger partial charge in [-0.15, -0.1) is 5.10 Å². The molecule has 2 aliphatic heterocycles. The Hall–Kier alpha value is -1.96. The lowest BCUT2D eigenvalue weighted by Crippen LogP contribution is -2.46. The van der Waals surface area contributed by atoms with Crippen molar-refractivity contribution < 1.29 is 14.3 Å². The summed E-state index contributed by atoms with van der Waals surface area (Å²) >= 11 is 0. The number of methoxy groups -OCH3 is 1. The Morgan fingerprint density at radius 2 is 1.96 bits per heavy atom. The summed E-state index contributed by atoms with van der Waals surface area (Å²) in [6.07, 6.45) is 7.96. The van der Waals surface area contributed by atoms with E-state index in [0.717, 1.165) is 45.4 Å². The molecule has 2 aliphatic rings. The molecule has 0 spiro atoms. The highest BCUT2D eigenvalue weighted by atomic mass is 16.5. The van der Waals surface area contributed by atoms with Crippen LogP contribution in [0.3, 0.4) is 0 Å².